The van der Waals surface area contributed by atoms with Crippen molar-refractivity contribution in [2.45, 2.75) is 38.4 Å². The number of aromatic nitrogens is 3. The number of methoxy groups -OCH3 is 1. The average molecular weight is 371 g/mol. The first-order valence-corrected chi connectivity index (χ1v) is 9.17. The van der Waals surface area contributed by atoms with Gasteiger partial charge in [-0.1, -0.05) is 12.1 Å². The lowest BCUT2D eigenvalue weighted by molar-refractivity contribution is -0.129. The van der Waals surface area contributed by atoms with Crippen molar-refractivity contribution in [2.75, 3.05) is 20.2 Å². The second-order valence-corrected chi connectivity index (χ2v) is 6.59. The fourth-order valence-electron chi connectivity index (χ4n) is 3.34. The van der Waals surface area contributed by atoms with Gasteiger partial charge in [-0.3, -0.25) is 9.48 Å². The van der Waals surface area contributed by atoms with Crippen LogP contribution in [0.3, 0.4) is 0 Å². The Morgan fingerprint density at radius 3 is 2.81 bits per heavy atom. The molecule has 0 bridgehead atoms. The Morgan fingerprint density at radius 1 is 1.30 bits per heavy atom. The van der Waals surface area contributed by atoms with E-state index in [1.165, 1.54) is 13.4 Å². The van der Waals surface area contributed by atoms with E-state index in [2.05, 4.69) is 15.4 Å². The third-order valence-electron chi connectivity index (χ3n) is 4.85. The molecule has 1 aromatic carbocycles. The highest BCUT2D eigenvalue weighted by molar-refractivity contribution is 5.89. The number of amides is 1. The summed E-state index contributed by atoms with van der Waals surface area (Å²) in [6, 6.07) is 7.65. The van der Waals surface area contributed by atoms with Gasteiger partial charge < -0.3 is 15.0 Å². The minimum atomic E-state index is -0.327. The molecule has 1 atom stereocenters. The van der Waals surface area contributed by atoms with Crippen LogP contribution in [0.1, 0.15) is 35.2 Å². The molecule has 1 aliphatic heterocycles. The molecule has 8 nitrogen and oxygen atoms in total. The molecular weight excluding hydrogens is 346 g/mol. The second-order valence-electron chi connectivity index (χ2n) is 6.59. The molecule has 0 saturated carbocycles. The summed E-state index contributed by atoms with van der Waals surface area (Å²) >= 11 is 0. The molecule has 2 aromatic rings. The Hall–Kier alpha value is -2.74. The molecule has 0 aliphatic carbocycles. The third kappa shape index (κ3) is 5.13. The highest BCUT2D eigenvalue weighted by Crippen LogP contribution is 2.21. The van der Waals surface area contributed by atoms with Crippen LogP contribution in [0.25, 0.3) is 0 Å². The molecule has 2 heterocycles. The first kappa shape index (κ1) is 19.0. The lowest BCUT2D eigenvalue weighted by Gasteiger charge is -2.25. The number of hydrogen-bond acceptors (Lipinski definition) is 6. The molecular formula is C19H25N5O3. The third-order valence-corrected chi connectivity index (χ3v) is 4.85. The number of likely N-dealkylation sites (tertiary alicyclic amines) is 1. The maximum atomic E-state index is 12.1. The largest absolute Gasteiger partial charge is 0.465 e. The van der Waals surface area contributed by atoms with Crippen molar-refractivity contribution in [3.05, 3.63) is 48.0 Å². The highest BCUT2D eigenvalue weighted by atomic mass is 16.5. The van der Waals surface area contributed by atoms with Crippen LogP contribution in [0.5, 0.6) is 0 Å². The minimum Gasteiger partial charge on any atom is -0.465 e. The van der Waals surface area contributed by atoms with Gasteiger partial charge in [0.15, 0.2) is 0 Å². The van der Waals surface area contributed by atoms with Crippen LogP contribution in [0.2, 0.25) is 0 Å². The molecule has 0 radical (unpaired) electrons. The number of nitrogens with one attached hydrogen (secondary N) is 1. The minimum absolute atomic E-state index is 0.221. The zero-order valence-electron chi connectivity index (χ0n) is 15.5. The van der Waals surface area contributed by atoms with Gasteiger partial charge in [-0.05, 0) is 37.1 Å². The molecule has 1 fully saturated rings. The van der Waals surface area contributed by atoms with Gasteiger partial charge in [-0.25, -0.2) is 9.78 Å². The van der Waals surface area contributed by atoms with E-state index < -0.39 is 0 Å². The van der Waals surface area contributed by atoms with Crippen LogP contribution < -0.4 is 5.32 Å². The fraction of sp³-hybridized carbons (Fsp3) is 0.474. The standard InChI is InChI=1S/C19H25N5O3/c1-27-19(26)16-4-2-15(3-5-16)12-20-9-8-17-6-7-18(25)24(17)11-10-23-14-21-13-22-23/h2-5,13-14,17,20H,6-12H2,1H3/t17-/m0/s1. The molecule has 144 valence electrons. The van der Waals surface area contributed by atoms with Crippen molar-refractivity contribution < 1.29 is 14.3 Å². The zero-order valence-corrected chi connectivity index (χ0v) is 15.5. The predicted octanol–water partition coefficient (Wildman–Crippen LogP) is 1.24. The van der Waals surface area contributed by atoms with Crippen molar-refractivity contribution in [3.8, 4) is 0 Å². The zero-order chi connectivity index (χ0) is 19.1. The fourth-order valence-corrected chi connectivity index (χ4v) is 3.34. The molecule has 1 aliphatic rings. The van der Waals surface area contributed by atoms with Gasteiger partial charge in [-0.2, -0.15) is 5.10 Å². The van der Waals surface area contributed by atoms with E-state index in [1.807, 2.05) is 17.0 Å². The topological polar surface area (TPSA) is 89.4 Å². The van der Waals surface area contributed by atoms with Crippen molar-refractivity contribution in [1.29, 1.82) is 0 Å². The second kappa shape index (κ2) is 9.27. The Morgan fingerprint density at radius 2 is 2.11 bits per heavy atom. The van der Waals surface area contributed by atoms with E-state index in [0.717, 1.165) is 31.5 Å². The van der Waals surface area contributed by atoms with Gasteiger partial charge in [0.1, 0.15) is 12.7 Å². The summed E-state index contributed by atoms with van der Waals surface area (Å²) < 4.78 is 6.45. The number of hydrogen-bond donors (Lipinski definition) is 1. The van der Waals surface area contributed by atoms with E-state index in [-0.39, 0.29) is 17.9 Å². The van der Waals surface area contributed by atoms with Crippen molar-refractivity contribution in [2.24, 2.45) is 0 Å². The summed E-state index contributed by atoms with van der Waals surface area (Å²) in [5, 5.41) is 7.50. The maximum absolute atomic E-state index is 12.1. The van der Waals surface area contributed by atoms with Crippen LogP contribution in [0.4, 0.5) is 0 Å². The van der Waals surface area contributed by atoms with Gasteiger partial charge in [0.25, 0.3) is 0 Å². The number of carbonyl (C=O) groups excluding carboxylic acids is 2. The molecule has 3 rings (SSSR count). The van der Waals surface area contributed by atoms with E-state index in [4.69, 9.17) is 4.74 Å². The smallest absolute Gasteiger partial charge is 0.337 e. The van der Waals surface area contributed by atoms with E-state index in [0.29, 0.717) is 25.1 Å². The van der Waals surface area contributed by atoms with Gasteiger partial charge in [0.05, 0.1) is 19.2 Å². The Labute approximate surface area is 158 Å². The molecule has 1 aromatic heterocycles. The predicted molar refractivity (Wildman–Crippen MR) is 98.9 cm³/mol. The van der Waals surface area contributed by atoms with Crippen LogP contribution in [0.15, 0.2) is 36.9 Å². The van der Waals surface area contributed by atoms with Gasteiger partial charge >= 0.3 is 5.97 Å². The average Bonchev–Trinajstić information content (AvgIpc) is 3.33. The molecule has 27 heavy (non-hydrogen) atoms. The summed E-state index contributed by atoms with van der Waals surface area (Å²) in [6.45, 7) is 2.89. The SMILES string of the molecule is COC(=O)c1ccc(CNCC[C@@H]2CCC(=O)N2CCn2cncn2)cc1. The van der Waals surface area contributed by atoms with Gasteiger partial charge in [0.2, 0.25) is 5.91 Å². The highest BCUT2D eigenvalue weighted by Gasteiger charge is 2.29. The number of carbonyl (C=O) groups is 2. The number of benzene rings is 1. The number of nitrogens with zero attached hydrogens (tertiary/aromatic N) is 4. The molecule has 8 heteroatoms. The summed E-state index contributed by atoms with van der Waals surface area (Å²) in [7, 11) is 1.38. The maximum Gasteiger partial charge on any atom is 0.337 e. The van der Waals surface area contributed by atoms with E-state index >= 15 is 0 Å². The van der Waals surface area contributed by atoms with Crippen LogP contribution >= 0.6 is 0 Å². The molecule has 0 unspecified atom stereocenters. The van der Waals surface area contributed by atoms with Gasteiger partial charge in [-0.15, -0.1) is 0 Å². The lowest BCUT2D eigenvalue weighted by Crippen LogP contribution is -2.37. The summed E-state index contributed by atoms with van der Waals surface area (Å²) in [6.07, 6.45) is 5.62. The van der Waals surface area contributed by atoms with Gasteiger partial charge in [0, 0.05) is 25.6 Å². The molecule has 1 N–H and O–H groups in total. The summed E-state index contributed by atoms with van der Waals surface area (Å²) in [5.74, 6) is -0.107. The Bertz CT molecular complexity index is 745. The summed E-state index contributed by atoms with van der Waals surface area (Å²) in [5.41, 5.74) is 1.65. The number of esters is 1. The summed E-state index contributed by atoms with van der Waals surface area (Å²) in [4.78, 5) is 29.5. The lowest BCUT2D eigenvalue weighted by atomic mass is 10.1. The first-order chi connectivity index (χ1) is 13.2. The Kier molecular flexibility index (Phi) is 6.54. The molecule has 1 amide bonds. The van der Waals surface area contributed by atoms with Crippen molar-refractivity contribution in [3.63, 3.8) is 0 Å². The van der Waals surface area contributed by atoms with Crippen LogP contribution in [-0.4, -0.2) is 57.8 Å². The normalized spacial score (nSPS) is 16.7. The van der Waals surface area contributed by atoms with Crippen molar-refractivity contribution in [1.82, 2.24) is 25.0 Å². The van der Waals surface area contributed by atoms with Crippen LogP contribution in [0, 0.1) is 0 Å². The number of ether oxygens (including phenoxy) is 1. The monoisotopic (exact) mass is 371 g/mol. The first-order valence-electron chi connectivity index (χ1n) is 9.17. The molecule has 1 saturated heterocycles. The van der Waals surface area contributed by atoms with E-state index in [1.54, 1.807) is 23.1 Å². The molecule has 0 spiro atoms. The quantitative estimate of drug-likeness (QED) is 0.527. The van der Waals surface area contributed by atoms with E-state index in [9.17, 15) is 9.59 Å². The number of rotatable bonds is 9. The van der Waals surface area contributed by atoms with Crippen molar-refractivity contribution >= 4 is 11.9 Å². The van der Waals surface area contributed by atoms with Crippen LogP contribution in [-0.2, 0) is 22.6 Å². The Balaban J connectivity index is 1.41.